The van der Waals surface area contributed by atoms with Crippen molar-refractivity contribution in [3.8, 4) is 6.07 Å². The molecule has 11 heteroatoms. The molecule has 35 heavy (non-hydrogen) atoms. The smallest absolute Gasteiger partial charge is 0.332 e. The summed E-state index contributed by atoms with van der Waals surface area (Å²) in [7, 11) is 0. The van der Waals surface area contributed by atoms with Crippen molar-refractivity contribution in [2.45, 2.75) is 19.1 Å². The Hall–Kier alpha value is -4.17. The van der Waals surface area contributed by atoms with Crippen LogP contribution < -0.4 is 5.32 Å². The number of anilines is 1. The quantitative estimate of drug-likeness (QED) is 0.445. The number of halogens is 3. The lowest BCUT2D eigenvalue weighted by Gasteiger charge is -2.27. The van der Waals surface area contributed by atoms with E-state index in [0.29, 0.717) is 36.4 Å². The number of amides is 2. The third-order valence-electron chi connectivity index (χ3n) is 5.76. The molecular weight excluding hydrogens is 479 g/mol. The van der Waals surface area contributed by atoms with Crippen LogP contribution in [0.2, 0.25) is 0 Å². The highest BCUT2D eigenvalue weighted by Gasteiger charge is 2.32. The first-order chi connectivity index (χ1) is 16.7. The largest absolute Gasteiger partial charge is 0.416 e. The summed E-state index contributed by atoms with van der Waals surface area (Å²) in [4.78, 5) is 32.8. The number of fused-ring (bicyclic) bond motifs is 2. The lowest BCUT2D eigenvalue weighted by atomic mass is 10.0. The number of rotatable bonds is 3. The maximum absolute atomic E-state index is 13.2. The SMILES string of the molecule is N#Cc1cc(NC(=O)c2csc3c2CCN(C(=O)c2cnc4ccccn24)C3)cc(C(F)(F)F)c1. The van der Waals surface area contributed by atoms with E-state index in [2.05, 4.69) is 10.3 Å². The summed E-state index contributed by atoms with van der Waals surface area (Å²) in [6.45, 7) is 0.694. The molecule has 1 aliphatic rings. The maximum Gasteiger partial charge on any atom is 0.416 e. The number of alkyl halides is 3. The van der Waals surface area contributed by atoms with Crippen LogP contribution in [0.25, 0.3) is 5.65 Å². The normalized spacial score (nSPS) is 13.4. The number of benzene rings is 1. The van der Waals surface area contributed by atoms with Crippen molar-refractivity contribution in [2.75, 3.05) is 11.9 Å². The van der Waals surface area contributed by atoms with Crippen LogP contribution in [-0.4, -0.2) is 32.6 Å². The van der Waals surface area contributed by atoms with Gasteiger partial charge in [0.1, 0.15) is 11.3 Å². The fraction of sp³-hybridized carbons (Fsp3) is 0.167. The summed E-state index contributed by atoms with van der Waals surface area (Å²) >= 11 is 1.32. The number of imidazole rings is 1. The van der Waals surface area contributed by atoms with Gasteiger partial charge in [-0.25, -0.2) is 4.98 Å². The van der Waals surface area contributed by atoms with Gasteiger partial charge in [-0.1, -0.05) is 6.07 Å². The van der Waals surface area contributed by atoms with E-state index < -0.39 is 17.6 Å². The average molecular weight is 495 g/mol. The Morgan fingerprint density at radius 3 is 2.80 bits per heavy atom. The van der Waals surface area contributed by atoms with Crippen LogP contribution in [-0.2, 0) is 19.1 Å². The molecular formula is C24H16F3N5O2S. The Labute approximate surface area is 201 Å². The van der Waals surface area contributed by atoms with Crippen LogP contribution in [0.5, 0.6) is 0 Å². The number of nitrogens with one attached hydrogen (secondary N) is 1. The van der Waals surface area contributed by atoms with Crippen molar-refractivity contribution in [3.63, 3.8) is 0 Å². The molecule has 3 aromatic heterocycles. The van der Waals surface area contributed by atoms with Gasteiger partial charge >= 0.3 is 6.18 Å². The number of aromatic nitrogens is 2. The molecule has 7 nitrogen and oxygen atoms in total. The van der Waals surface area contributed by atoms with Crippen LogP contribution >= 0.6 is 11.3 Å². The lowest BCUT2D eigenvalue weighted by molar-refractivity contribution is -0.137. The summed E-state index contributed by atoms with van der Waals surface area (Å²) in [6.07, 6.45) is -0.921. The van der Waals surface area contributed by atoms with Crippen molar-refractivity contribution in [1.29, 1.82) is 5.26 Å². The second-order valence-corrected chi connectivity index (χ2v) is 8.93. The van der Waals surface area contributed by atoms with E-state index in [4.69, 9.17) is 5.26 Å². The monoisotopic (exact) mass is 495 g/mol. The fourth-order valence-electron chi connectivity index (χ4n) is 4.07. The number of hydrogen-bond donors (Lipinski definition) is 1. The third kappa shape index (κ3) is 4.24. The summed E-state index contributed by atoms with van der Waals surface area (Å²) in [5, 5.41) is 13.2. The Kier molecular flexibility index (Phi) is 5.53. The third-order valence-corrected chi connectivity index (χ3v) is 6.78. The molecule has 4 heterocycles. The van der Waals surface area contributed by atoms with Crippen molar-refractivity contribution in [2.24, 2.45) is 0 Å². The number of carbonyl (C=O) groups excluding carboxylic acids is 2. The van der Waals surface area contributed by atoms with Gasteiger partial charge in [-0.3, -0.25) is 14.0 Å². The number of nitriles is 1. The summed E-state index contributed by atoms with van der Waals surface area (Å²) in [5.41, 5.74) is 0.894. The molecule has 1 aliphatic heterocycles. The van der Waals surface area contributed by atoms with E-state index in [9.17, 15) is 22.8 Å². The van der Waals surface area contributed by atoms with Crippen LogP contribution in [0.4, 0.5) is 18.9 Å². The van der Waals surface area contributed by atoms with Crippen LogP contribution in [0.1, 0.15) is 42.4 Å². The highest BCUT2D eigenvalue weighted by molar-refractivity contribution is 7.10. The molecule has 1 N–H and O–H groups in total. The zero-order chi connectivity index (χ0) is 24.7. The van der Waals surface area contributed by atoms with Crippen molar-refractivity contribution < 1.29 is 22.8 Å². The average Bonchev–Trinajstić information content (AvgIpc) is 3.47. The van der Waals surface area contributed by atoms with Gasteiger partial charge in [0.05, 0.1) is 35.5 Å². The topological polar surface area (TPSA) is 90.5 Å². The van der Waals surface area contributed by atoms with E-state index in [1.54, 1.807) is 33.0 Å². The van der Waals surface area contributed by atoms with E-state index in [1.807, 2.05) is 12.1 Å². The number of pyridine rings is 1. The molecule has 0 fully saturated rings. The molecule has 0 saturated carbocycles. The minimum Gasteiger partial charge on any atom is -0.332 e. The summed E-state index contributed by atoms with van der Waals surface area (Å²) < 4.78 is 41.2. The van der Waals surface area contributed by atoms with E-state index in [1.165, 1.54) is 23.6 Å². The van der Waals surface area contributed by atoms with Crippen LogP contribution in [0, 0.1) is 11.3 Å². The maximum atomic E-state index is 13.2. The minimum atomic E-state index is -4.65. The first-order valence-corrected chi connectivity index (χ1v) is 11.4. The second kappa shape index (κ2) is 8.56. The number of carbonyl (C=O) groups is 2. The molecule has 2 amide bonds. The van der Waals surface area contributed by atoms with Crippen molar-refractivity contribution in [3.05, 3.63) is 87.0 Å². The van der Waals surface area contributed by atoms with Gasteiger partial charge in [0.15, 0.2) is 0 Å². The van der Waals surface area contributed by atoms with Crippen molar-refractivity contribution in [1.82, 2.24) is 14.3 Å². The van der Waals surface area contributed by atoms with Gasteiger partial charge < -0.3 is 10.2 Å². The first-order valence-electron chi connectivity index (χ1n) is 10.5. The van der Waals surface area contributed by atoms with Crippen LogP contribution in [0.15, 0.2) is 54.2 Å². The first kappa shape index (κ1) is 22.6. The fourth-order valence-corrected chi connectivity index (χ4v) is 5.17. The molecule has 5 rings (SSSR count). The molecule has 0 aliphatic carbocycles. The van der Waals surface area contributed by atoms with Gasteiger partial charge in [0.2, 0.25) is 0 Å². The predicted octanol–water partition coefficient (Wildman–Crippen LogP) is 4.74. The lowest BCUT2D eigenvalue weighted by Crippen LogP contribution is -2.36. The van der Waals surface area contributed by atoms with Crippen LogP contribution in [0.3, 0.4) is 0 Å². The highest BCUT2D eigenvalue weighted by Crippen LogP contribution is 2.33. The van der Waals surface area contributed by atoms with Gasteiger partial charge in [-0.05, 0) is 42.3 Å². The number of nitrogens with zero attached hydrogens (tertiary/aromatic N) is 4. The van der Waals surface area contributed by atoms with E-state index in [-0.39, 0.29) is 17.2 Å². The van der Waals surface area contributed by atoms with Crippen molar-refractivity contribution >= 4 is 34.5 Å². The van der Waals surface area contributed by atoms with Gasteiger partial charge in [0, 0.05) is 28.7 Å². The standard InChI is InChI=1S/C24H16F3N5O2S/c25-24(26,27)15-7-14(10-28)8-16(9-15)30-22(33)18-13-35-20-12-31(6-4-17(18)20)23(34)19-11-29-21-3-1-2-5-32(19)21/h1-3,5,7-9,11,13H,4,6,12H2,(H,30,33). The number of hydrogen-bond acceptors (Lipinski definition) is 5. The Balaban J connectivity index is 1.35. The molecule has 0 atom stereocenters. The van der Waals surface area contributed by atoms with Gasteiger partial charge in [0.25, 0.3) is 11.8 Å². The predicted molar refractivity (Wildman–Crippen MR) is 122 cm³/mol. The molecule has 0 saturated heterocycles. The van der Waals surface area contributed by atoms with E-state index >= 15 is 0 Å². The molecule has 1 aromatic carbocycles. The summed E-state index contributed by atoms with van der Waals surface area (Å²) in [5.74, 6) is -0.742. The Morgan fingerprint density at radius 1 is 1.20 bits per heavy atom. The second-order valence-electron chi connectivity index (χ2n) is 7.96. The zero-order valence-corrected chi connectivity index (χ0v) is 18.8. The van der Waals surface area contributed by atoms with Gasteiger partial charge in [-0.2, -0.15) is 18.4 Å². The molecule has 4 aromatic rings. The summed E-state index contributed by atoms with van der Waals surface area (Å²) in [6, 6.07) is 9.87. The Morgan fingerprint density at radius 2 is 2.03 bits per heavy atom. The van der Waals surface area contributed by atoms with E-state index in [0.717, 1.165) is 22.6 Å². The molecule has 0 radical (unpaired) electrons. The zero-order valence-electron chi connectivity index (χ0n) is 18.0. The highest BCUT2D eigenvalue weighted by atomic mass is 32.1. The number of thiophene rings is 1. The Bertz CT molecular complexity index is 1520. The minimum absolute atomic E-state index is 0.110. The molecule has 0 spiro atoms. The molecule has 176 valence electrons. The van der Waals surface area contributed by atoms with Gasteiger partial charge in [-0.15, -0.1) is 11.3 Å². The molecule has 0 unspecified atom stereocenters. The molecule has 0 bridgehead atoms.